The maximum atomic E-state index is 13.8. The van der Waals surface area contributed by atoms with E-state index in [9.17, 15) is 12.8 Å². The molecule has 2 aromatic rings. The van der Waals surface area contributed by atoms with Crippen molar-refractivity contribution in [3.8, 4) is 0 Å². The van der Waals surface area contributed by atoms with Gasteiger partial charge in [-0.1, -0.05) is 11.6 Å². The summed E-state index contributed by atoms with van der Waals surface area (Å²) >= 11 is 5.63. The van der Waals surface area contributed by atoms with Gasteiger partial charge in [-0.15, -0.1) is 0 Å². The highest BCUT2D eigenvalue weighted by Crippen LogP contribution is 2.21. The second-order valence-corrected chi connectivity index (χ2v) is 7.09. The largest absolute Gasteiger partial charge is 0.468 e. The Morgan fingerprint density at radius 2 is 2.09 bits per heavy atom. The van der Waals surface area contributed by atoms with E-state index in [1.54, 1.807) is 31.1 Å². The third-order valence-electron chi connectivity index (χ3n) is 3.15. The molecule has 0 radical (unpaired) electrons. The second-order valence-electron chi connectivity index (χ2n) is 4.92. The van der Waals surface area contributed by atoms with Gasteiger partial charge < -0.3 is 4.42 Å². The topological polar surface area (TPSA) is 62.6 Å². The normalized spacial score (nSPS) is 13.5. The molecular weight excluding hydrogens is 331 g/mol. The van der Waals surface area contributed by atoms with Crippen molar-refractivity contribution in [2.45, 2.75) is 10.9 Å². The summed E-state index contributed by atoms with van der Waals surface area (Å²) in [6.07, 6.45) is 1.51. The predicted molar refractivity (Wildman–Crippen MR) is 81.7 cm³/mol. The van der Waals surface area contributed by atoms with Crippen molar-refractivity contribution < 1.29 is 17.2 Å². The maximum Gasteiger partial charge on any atom is 0.243 e. The zero-order valence-electron chi connectivity index (χ0n) is 12.1. The molecule has 0 saturated carbocycles. The average Bonchev–Trinajstić information content (AvgIpc) is 2.91. The Balaban J connectivity index is 2.18. The molecule has 0 aliphatic rings. The number of halogens is 2. The summed E-state index contributed by atoms with van der Waals surface area (Å²) in [5.41, 5.74) is 0. The monoisotopic (exact) mass is 346 g/mol. The van der Waals surface area contributed by atoms with E-state index in [2.05, 4.69) is 4.72 Å². The average molecular weight is 347 g/mol. The molecule has 0 spiro atoms. The van der Waals surface area contributed by atoms with Crippen LogP contribution in [-0.2, 0) is 10.0 Å². The van der Waals surface area contributed by atoms with E-state index in [1.165, 1.54) is 12.3 Å². The molecule has 0 fully saturated rings. The Bertz CT molecular complexity index is 733. The molecule has 1 heterocycles. The molecule has 2 rings (SSSR count). The van der Waals surface area contributed by atoms with Gasteiger partial charge in [-0.25, -0.2) is 17.5 Å². The quantitative estimate of drug-likeness (QED) is 0.873. The van der Waals surface area contributed by atoms with Gasteiger partial charge in [0, 0.05) is 11.6 Å². The van der Waals surface area contributed by atoms with Gasteiger partial charge in [0.25, 0.3) is 0 Å². The molecule has 120 valence electrons. The number of nitrogens with zero attached hydrogens (tertiary/aromatic N) is 1. The molecule has 1 N–H and O–H groups in total. The van der Waals surface area contributed by atoms with Crippen molar-refractivity contribution >= 4 is 21.6 Å². The van der Waals surface area contributed by atoms with E-state index < -0.39 is 20.7 Å². The lowest BCUT2D eigenvalue weighted by molar-refractivity contribution is 0.259. The van der Waals surface area contributed by atoms with Gasteiger partial charge in [0.1, 0.15) is 16.5 Å². The van der Waals surface area contributed by atoms with E-state index in [0.717, 1.165) is 12.1 Å². The zero-order chi connectivity index (χ0) is 16.3. The lowest BCUT2D eigenvalue weighted by atomic mass is 10.2. The minimum Gasteiger partial charge on any atom is -0.468 e. The van der Waals surface area contributed by atoms with Crippen molar-refractivity contribution in [2.75, 3.05) is 20.6 Å². The Morgan fingerprint density at radius 3 is 2.64 bits per heavy atom. The third kappa shape index (κ3) is 3.86. The van der Waals surface area contributed by atoms with Crippen LogP contribution < -0.4 is 4.72 Å². The number of nitrogens with one attached hydrogen (secondary N) is 1. The summed E-state index contributed by atoms with van der Waals surface area (Å²) in [5, 5.41) is 0.137. The highest BCUT2D eigenvalue weighted by molar-refractivity contribution is 7.89. The molecule has 8 heteroatoms. The molecule has 0 saturated heterocycles. The van der Waals surface area contributed by atoms with Crippen LogP contribution in [-0.4, -0.2) is 34.0 Å². The van der Waals surface area contributed by atoms with Gasteiger partial charge in [0.15, 0.2) is 0 Å². The second kappa shape index (κ2) is 6.78. The number of furan rings is 1. The van der Waals surface area contributed by atoms with Crippen molar-refractivity contribution in [3.63, 3.8) is 0 Å². The minimum atomic E-state index is -3.98. The number of benzene rings is 1. The van der Waals surface area contributed by atoms with Gasteiger partial charge in [-0.2, -0.15) is 0 Å². The Morgan fingerprint density at radius 1 is 1.36 bits per heavy atom. The van der Waals surface area contributed by atoms with E-state index in [0.29, 0.717) is 5.76 Å². The summed E-state index contributed by atoms with van der Waals surface area (Å²) in [7, 11) is -0.387. The lowest BCUT2D eigenvalue weighted by Gasteiger charge is -2.22. The van der Waals surface area contributed by atoms with Crippen molar-refractivity contribution in [1.82, 2.24) is 9.62 Å². The standard InChI is InChI=1S/C14H16ClFN2O3S/c1-18(2)12(13-4-3-7-21-13)9-17-22(19,20)14-6-5-10(15)8-11(14)16/h3-8,12,17H,9H2,1-2H3/t12-/m1/s1. The fraction of sp³-hybridized carbons (Fsp3) is 0.286. The van der Waals surface area contributed by atoms with Crippen LogP contribution in [0, 0.1) is 5.82 Å². The van der Waals surface area contributed by atoms with E-state index >= 15 is 0 Å². The first-order valence-corrected chi connectivity index (χ1v) is 8.32. The van der Waals surface area contributed by atoms with Gasteiger partial charge in [-0.3, -0.25) is 4.90 Å². The van der Waals surface area contributed by atoms with Crippen LogP contribution in [0.5, 0.6) is 0 Å². The molecule has 0 aliphatic carbocycles. The maximum absolute atomic E-state index is 13.8. The van der Waals surface area contributed by atoms with Crippen molar-refractivity contribution in [1.29, 1.82) is 0 Å². The van der Waals surface area contributed by atoms with Crippen molar-refractivity contribution in [3.05, 3.63) is 53.2 Å². The van der Waals surface area contributed by atoms with E-state index in [1.807, 2.05) is 0 Å². The SMILES string of the molecule is CN(C)[C@H](CNS(=O)(=O)c1ccc(Cl)cc1F)c1ccco1. The number of hydrogen-bond donors (Lipinski definition) is 1. The van der Waals surface area contributed by atoms with Crippen LogP contribution in [0.2, 0.25) is 5.02 Å². The predicted octanol–water partition coefficient (Wildman–Crippen LogP) is 2.65. The summed E-state index contributed by atoms with van der Waals surface area (Å²) in [6.45, 7) is 0.0465. The molecule has 0 bridgehead atoms. The molecule has 1 atom stereocenters. The van der Waals surface area contributed by atoms with Crippen LogP contribution in [0.25, 0.3) is 0 Å². The number of rotatable bonds is 6. The molecule has 22 heavy (non-hydrogen) atoms. The number of sulfonamides is 1. The summed E-state index contributed by atoms with van der Waals surface area (Å²) in [6, 6.07) is 6.60. The Kier molecular flexibility index (Phi) is 5.23. The minimum absolute atomic E-state index is 0.0465. The molecular formula is C14H16ClFN2O3S. The van der Waals surface area contributed by atoms with Crippen LogP contribution in [0.4, 0.5) is 4.39 Å². The first-order chi connectivity index (χ1) is 10.3. The van der Waals surface area contributed by atoms with Gasteiger partial charge in [-0.05, 0) is 44.4 Å². The molecule has 1 aromatic heterocycles. The summed E-state index contributed by atoms with van der Waals surface area (Å²) in [4.78, 5) is 1.37. The molecule has 0 aliphatic heterocycles. The smallest absolute Gasteiger partial charge is 0.243 e. The van der Waals surface area contributed by atoms with Gasteiger partial charge in [0.2, 0.25) is 10.0 Å². The first-order valence-electron chi connectivity index (χ1n) is 6.46. The lowest BCUT2D eigenvalue weighted by Crippen LogP contribution is -2.34. The number of likely N-dealkylation sites (N-methyl/N-ethyl adjacent to an activating group) is 1. The fourth-order valence-corrected chi connectivity index (χ4v) is 3.23. The van der Waals surface area contributed by atoms with Crippen LogP contribution in [0.1, 0.15) is 11.8 Å². The van der Waals surface area contributed by atoms with Gasteiger partial charge >= 0.3 is 0 Å². The fourth-order valence-electron chi connectivity index (χ4n) is 1.98. The molecule has 5 nitrogen and oxygen atoms in total. The summed E-state index contributed by atoms with van der Waals surface area (Å²) in [5.74, 6) is -0.274. The Labute approximate surface area is 133 Å². The zero-order valence-corrected chi connectivity index (χ0v) is 13.7. The Hall–Kier alpha value is -1.41. The third-order valence-corrected chi connectivity index (χ3v) is 4.84. The van der Waals surface area contributed by atoms with Crippen LogP contribution in [0.15, 0.2) is 45.9 Å². The first kappa shape index (κ1) is 17.0. The summed E-state index contributed by atoms with van der Waals surface area (Å²) < 4.78 is 45.9. The van der Waals surface area contributed by atoms with Crippen LogP contribution in [0.3, 0.4) is 0 Å². The molecule has 1 aromatic carbocycles. The van der Waals surface area contributed by atoms with Crippen LogP contribution >= 0.6 is 11.6 Å². The molecule has 0 unspecified atom stereocenters. The number of hydrogen-bond acceptors (Lipinski definition) is 4. The van der Waals surface area contributed by atoms with Gasteiger partial charge in [0.05, 0.1) is 12.3 Å². The molecule has 0 amide bonds. The highest BCUT2D eigenvalue weighted by atomic mass is 35.5. The van der Waals surface area contributed by atoms with E-state index in [-0.39, 0.29) is 17.6 Å². The highest BCUT2D eigenvalue weighted by Gasteiger charge is 2.23. The van der Waals surface area contributed by atoms with Crippen molar-refractivity contribution in [2.24, 2.45) is 0 Å². The van der Waals surface area contributed by atoms with E-state index in [4.69, 9.17) is 16.0 Å².